The third kappa shape index (κ3) is 5.12. The summed E-state index contributed by atoms with van der Waals surface area (Å²) in [5.41, 5.74) is 3.17. The predicted molar refractivity (Wildman–Crippen MR) is 59.0 cm³/mol. The Bertz CT molecular complexity index is 216. The molecular weight excluding hydrogens is 190 g/mol. The maximum atomic E-state index is 8.84. The van der Waals surface area contributed by atoms with Gasteiger partial charge in [-0.05, 0) is 26.7 Å². The first-order chi connectivity index (χ1) is 7.14. The number of rotatable bonds is 5. The van der Waals surface area contributed by atoms with E-state index in [1.54, 1.807) is 0 Å². The van der Waals surface area contributed by atoms with Gasteiger partial charge in [0.15, 0.2) is 0 Å². The monoisotopic (exact) mass is 211 g/mol. The average molecular weight is 211 g/mol. The largest absolute Gasteiger partial charge is 0.379 e. The number of hydrazine groups is 1. The molecule has 0 unspecified atom stereocenters. The second-order valence-electron chi connectivity index (χ2n) is 4.61. The molecule has 0 aromatic heterocycles. The first-order valence-electron chi connectivity index (χ1n) is 5.61. The van der Waals surface area contributed by atoms with Crippen LogP contribution < -0.4 is 5.43 Å². The molecule has 0 aliphatic carbocycles. The van der Waals surface area contributed by atoms with Gasteiger partial charge < -0.3 is 4.74 Å². The van der Waals surface area contributed by atoms with Crippen LogP contribution in [0.15, 0.2) is 0 Å². The summed E-state index contributed by atoms with van der Waals surface area (Å²) < 4.78 is 5.25. The molecule has 0 aromatic rings. The molecule has 86 valence electrons. The SMILES string of the molecule is CC(C)(C#N)CCCNN1CCOCC1. The van der Waals surface area contributed by atoms with Gasteiger partial charge in [-0.3, -0.25) is 5.43 Å². The van der Waals surface area contributed by atoms with Crippen molar-refractivity contribution in [3.05, 3.63) is 0 Å². The molecule has 0 amide bonds. The van der Waals surface area contributed by atoms with Gasteiger partial charge >= 0.3 is 0 Å². The molecule has 0 atom stereocenters. The third-order valence-electron chi connectivity index (χ3n) is 2.63. The lowest BCUT2D eigenvalue weighted by Gasteiger charge is -2.27. The van der Waals surface area contributed by atoms with Crippen LogP contribution in [0.3, 0.4) is 0 Å². The Labute approximate surface area is 92.2 Å². The van der Waals surface area contributed by atoms with E-state index < -0.39 is 0 Å². The van der Waals surface area contributed by atoms with Gasteiger partial charge in [0.1, 0.15) is 0 Å². The Kier molecular flexibility index (Phi) is 5.03. The zero-order valence-electron chi connectivity index (χ0n) is 9.75. The van der Waals surface area contributed by atoms with Crippen molar-refractivity contribution in [1.29, 1.82) is 5.26 Å². The van der Waals surface area contributed by atoms with Crippen molar-refractivity contribution in [2.24, 2.45) is 5.41 Å². The summed E-state index contributed by atoms with van der Waals surface area (Å²) in [5, 5.41) is 11.0. The number of nitrogens with one attached hydrogen (secondary N) is 1. The molecule has 1 aliphatic heterocycles. The second-order valence-corrected chi connectivity index (χ2v) is 4.61. The first kappa shape index (κ1) is 12.4. The molecule has 4 heteroatoms. The molecule has 1 rings (SSSR count). The van der Waals surface area contributed by atoms with E-state index >= 15 is 0 Å². The second kappa shape index (κ2) is 6.06. The number of nitrogens with zero attached hydrogens (tertiary/aromatic N) is 2. The Morgan fingerprint density at radius 2 is 2.07 bits per heavy atom. The number of ether oxygens (including phenoxy) is 1. The van der Waals surface area contributed by atoms with E-state index in [0.29, 0.717) is 0 Å². The van der Waals surface area contributed by atoms with E-state index in [1.165, 1.54) is 0 Å². The van der Waals surface area contributed by atoms with Gasteiger partial charge in [0.05, 0.1) is 24.7 Å². The van der Waals surface area contributed by atoms with Crippen LogP contribution in [0, 0.1) is 16.7 Å². The summed E-state index contributed by atoms with van der Waals surface area (Å²) in [7, 11) is 0. The van der Waals surface area contributed by atoms with Crippen LogP contribution in [0.2, 0.25) is 0 Å². The van der Waals surface area contributed by atoms with Gasteiger partial charge in [-0.2, -0.15) is 5.26 Å². The van der Waals surface area contributed by atoms with Crippen LogP contribution in [0.5, 0.6) is 0 Å². The minimum Gasteiger partial charge on any atom is -0.379 e. The summed E-state index contributed by atoms with van der Waals surface area (Å²) in [5.74, 6) is 0. The summed E-state index contributed by atoms with van der Waals surface area (Å²) in [6, 6.07) is 2.32. The summed E-state index contributed by atoms with van der Waals surface area (Å²) in [6.45, 7) is 8.48. The minimum atomic E-state index is -0.188. The van der Waals surface area contributed by atoms with E-state index in [9.17, 15) is 0 Å². The Morgan fingerprint density at radius 1 is 1.40 bits per heavy atom. The number of hydrogen-bond donors (Lipinski definition) is 1. The molecule has 1 fully saturated rings. The fraction of sp³-hybridized carbons (Fsp3) is 0.909. The summed E-state index contributed by atoms with van der Waals surface area (Å²) >= 11 is 0. The van der Waals surface area contributed by atoms with Gasteiger partial charge in [0, 0.05) is 19.6 Å². The average Bonchev–Trinajstić information content (AvgIpc) is 2.26. The van der Waals surface area contributed by atoms with Crippen LogP contribution >= 0.6 is 0 Å². The zero-order valence-corrected chi connectivity index (χ0v) is 9.75. The molecule has 1 aliphatic rings. The third-order valence-corrected chi connectivity index (χ3v) is 2.63. The smallest absolute Gasteiger partial charge is 0.0683 e. The van der Waals surface area contributed by atoms with E-state index in [1.807, 2.05) is 13.8 Å². The van der Waals surface area contributed by atoms with Crippen molar-refractivity contribution in [3.63, 3.8) is 0 Å². The highest BCUT2D eigenvalue weighted by Crippen LogP contribution is 2.19. The topological polar surface area (TPSA) is 48.3 Å². The van der Waals surface area contributed by atoms with Crippen molar-refractivity contribution in [2.45, 2.75) is 26.7 Å². The summed E-state index contributed by atoms with van der Waals surface area (Å²) in [6.07, 6.45) is 1.98. The van der Waals surface area contributed by atoms with Gasteiger partial charge in [0.2, 0.25) is 0 Å². The maximum Gasteiger partial charge on any atom is 0.0683 e. The predicted octanol–water partition coefficient (Wildman–Crippen LogP) is 1.15. The molecule has 15 heavy (non-hydrogen) atoms. The minimum absolute atomic E-state index is 0.188. The van der Waals surface area contributed by atoms with Crippen molar-refractivity contribution in [1.82, 2.24) is 10.4 Å². The van der Waals surface area contributed by atoms with Crippen molar-refractivity contribution < 1.29 is 4.74 Å². The Hall–Kier alpha value is -0.630. The summed E-state index contributed by atoms with van der Waals surface area (Å²) in [4.78, 5) is 0. The maximum absolute atomic E-state index is 8.84. The molecule has 1 saturated heterocycles. The highest BCUT2D eigenvalue weighted by molar-refractivity contribution is 4.91. The Balaban J connectivity index is 2.04. The van der Waals surface area contributed by atoms with Crippen molar-refractivity contribution >= 4 is 0 Å². The van der Waals surface area contributed by atoms with Crippen LogP contribution in [0.4, 0.5) is 0 Å². The van der Waals surface area contributed by atoms with Gasteiger partial charge in [-0.1, -0.05) is 0 Å². The fourth-order valence-electron chi connectivity index (χ4n) is 1.54. The van der Waals surface area contributed by atoms with E-state index in [4.69, 9.17) is 10.00 Å². The molecule has 0 bridgehead atoms. The van der Waals surface area contributed by atoms with Crippen molar-refractivity contribution in [3.8, 4) is 6.07 Å². The normalized spacial score (nSPS) is 18.7. The zero-order chi connectivity index (χ0) is 11.1. The molecule has 0 saturated carbocycles. The van der Waals surface area contributed by atoms with Gasteiger partial charge in [0.25, 0.3) is 0 Å². The van der Waals surface area contributed by atoms with E-state index in [0.717, 1.165) is 45.7 Å². The lowest BCUT2D eigenvalue weighted by Crippen LogP contribution is -2.46. The van der Waals surface area contributed by atoms with E-state index in [-0.39, 0.29) is 5.41 Å². The number of hydrogen-bond acceptors (Lipinski definition) is 4. The highest BCUT2D eigenvalue weighted by atomic mass is 16.5. The van der Waals surface area contributed by atoms with Gasteiger partial charge in [-0.15, -0.1) is 0 Å². The highest BCUT2D eigenvalue weighted by Gasteiger charge is 2.16. The standard InChI is InChI=1S/C11H21N3O/c1-11(2,10-12)4-3-5-13-14-6-8-15-9-7-14/h13H,3-9H2,1-2H3. The molecule has 0 spiro atoms. The molecule has 0 aromatic carbocycles. The fourth-order valence-corrected chi connectivity index (χ4v) is 1.54. The lowest BCUT2D eigenvalue weighted by atomic mass is 9.90. The molecule has 4 nitrogen and oxygen atoms in total. The molecule has 0 radical (unpaired) electrons. The number of nitriles is 1. The van der Waals surface area contributed by atoms with E-state index in [2.05, 4.69) is 16.5 Å². The van der Waals surface area contributed by atoms with Gasteiger partial charge in [-0.25, -0.2) is 5.01 Å². The lowest BCUT2D eigenvalue weighted by molar-refractivity contribution is 0.0116. The van der Waals surface area contributed by atoms with Crippen LogP contribution in [0.1, 0.15) is 26.7 Å². The van der Waals surface area contributed by atoms with Crippen LogP contribution in [-0.4, -0.2) is 37.9 Å². The van der Waals surface area contributed by atoms with Crippen LogP contribution in [-0.2, 0) is 4.74 Å². The number of morpholine rings is 1. The van der Waals surface area contributed by atoms with Crippen molar-refractivity contribution in [2.75, 3.05) is 32.8 Å². The quantitative estimate of drug-likeness (QED) is 0.693. The Morgan fingerprint density at radius 3 is 2.67 bits per heavy atom. The molecule has 1 N–H and O–H groups in total. The van der Waals surface area contributed by atoms with Crippen LogP contribution in [0.25, 0.3) is 0 Å². The molecule has 1 heterocycles. The molecular formula is C11H21N3O. The first-order valence-corrected chi connectivity index (χ1v) is 5.61.